The smallest absolute Gasteiger partial charge is 0.138 e. The van der Waals surface area contributed by atoms with Crippen molar-refractivity contribution in [2.45, 2.75) is 29.1 Å². The number of nitrogens with one attached hydrogen (secondary N) is 1. The van der Waals surface area contributed by atoms with Crippen molar-refractivity contribution in [3.8, 4) is 0 Å². The van der Waals surface area contributed by atoms with E-state index in [-0.39, 0.29) is 0 Å². The maximum absolute atomic E-state index is 5.99. The van der Waals surface area contributed by atoms with Gasteiger partial charge < -0.3 is 4.98 Å². The van der Waals surface area contributed by atoms with Gasteiger partial charge in [-0.25, -0.2) is 4.98 Å². The van der Waals surface area contributed by atoms with E-state index in [1.165, 1.54) is 39.3 Å². The van der Waals surface area contributed by atoms with Crippen LogP contribution in [0.25, 0.3) is 16.6 Å². The molecular weight excluding hydrogens is 312 g/mol. The Kier molecular flexibility index (Phi) is 3.68. The molecule has 4 rings (SSSR count). The van der Waals surface area contributed by atoms with Crippen molar-refractivity contribution in [3.05, 3.63) is 59.4 Å². The summed E-state index contributed by atoms with van der Waals surface area (Å²) in [5.74, 6) is 0. The highest BCUT2D eigenvalue weighted by molar-refractivity contribution is 7.99. The molecule has 0 amide bonds. The second kappa shape index (κ2) is 5.82. The fourth-order valence-electron chi connectivity index (χ4n) is 2.85. The van der Waals surface area contributed by atoms with Gasteiger partial charge in [0.05, 0.1) is 5.69 Å². The fourth-order valence-corrected chi connectivity index (χ4v) is 4.04. The van der Waals surface area contributed by atoms with Gasteiger partial charge in [-0.2, -0.15) is 0 Å². The topological polar surface area (TPSA) is 28.7 Å². The van der Waals surface area contributed by atoms with E-state index in [4.69, 9.17) is 11.6 Å². The van der Waals surface area contributed by atoms with Crippen LogP contribution in [0.1, 0.15) is 25.0 Å². The number of halogens is 1. The fraction of sp³-hybridized carbons (Fsp3) is 0.167. The molecule has 1 aromatic carbocycles. The maximum Gasteiger partial charge on any atom is 0.138 e. The number of pyridine rings is 1. The molecule has 0 spiro atoms. The third-order valence-electron chi connectivity index (χ3n) is 3.92. The Morgan fingerprint density at radius 1 is 1.14 bits per heavy atom. The van der Waals surface area contributed by atoms with Crippen molar-refractivity contribution >= 4 is 40.0 Å². The van der Waals surface area contributed by atoms with E-state index < -0.39 is 0 Å². The van der Waals surface area contributed by atoms with Crippen LogP contribution in [0.5, 0.6) is 0 Å². The minimum absolute atomic E-state index is 0.767. The second-order valence-corrected chi connectivity index (χ2v) is 6.93. The molecule has 0 radical (unpaired) electrons. The van der Waals surface area contributed by atoms with Crippen LogP contribution in [0, 0.1) is 0 Å². The largest absolute Gasteiger partial charge is 0.339 e. The van der Waals surface area contributed by atoms with Gasteiger partial charge in [-0.1, -0.05) is 29.4 Å². The van der Waals surface area contributed by atoms with E-state index in [9.17, 15) is 0 Å². The number of rotatable bonds is 3. The number of hydrogen-bond donors (Lipinski definition) is 1. The summed E-state index contributed by atoms with van der Waals surface area (Å²) < 4.78 is 0. The lowest BCUT2D eigenvalue weighted by Crippen LogP contribution is -1.84. The molecule has 0 saturated heterocycles. The number of allylic oxidation sites excluding steroid dienone is 2. The first-order chi connectivity index (χ1) is 10.8. The Bertz CT molecular complexity index is 849. The molecule has 2 nitrogen and oxygen atoms in total. The molecule has 2 aromatic heterocycles. The zero-order chi connectivity index (χ0) is 14.9. The van der Waals surface area contributed by atoms with Gasteiger partial charge in [-0.3, -0.25) is 0 Å². The third-order valence-corrected chi connectivity index (χ3v) is 5.31. The van der Waals surface area contributed by atoms with Crippen LogP contribution >= 0.6 is 23.4 Å². The van der Waals surface area contributed by atoms with Crippen LogP contribution in [0.2, 0.25) is 5.02 Å². The Labute approximate surface area is 138 Å². The number of nitrogens with zero attached hydrogens (tertiary/aromatic N) is 1. The maximum atomic E-state index is 5.99. The predicted molar refractivity (Wildman–Crippen MR) is 93.5 cm³/mol. The minimum Gasteiger partial charge on any atom is -0.339 e. The predicted octanol–water partition coefficient (Wildman–Crippen LogP) is 5.93. The quantitative estimate of drug-likeness (QED) is 0.645. The van der Waals surface area contributed by atoms with E-state index in [0.29, 0.717) is 0 Å². The normalized spacial score (nSPS) is 14.5. The summed E-state index contributed by atoms with van der Waals surface area (Å²) in [6.07, 6.45) is 7.73. The van der Waals surface area contributed by atoms with Crippen molar-refractivity contribution in [2.24, 2.45) is 0 Å². The number of aromatic amines is 1. The van der Waals surface area contributed by atoms with Crippen LogP contribution in [-0.4, -0.2) is 9.97 Å². The van der Waals surface area contributed by atoms with Gasteiger partial charge in [-0.15, -0.1) is 0 Å². The van der Waals surface area contributed by atoms with Crippen LogP contribution in [-0.2, 0) is 0 Å². The van der Waals surface area contributed by atoms with Crippen LogP contribution < -0.4 is 0 Å². The molecule has 1 aliphatic rings. The van der Waals surface area contributed by atoms with E-state index in [1.807, 2.05) is 24.4 Å². The lowest BCUT2D eigenvalue weighted by Gasteiger charge is -2.06. The minimum atomic E-state index is 0.767. The summed E-state index contributed by atoms with van der Waals surface area (Å²) in [5, 5.41) is 1.95. The summed E-state index contributed by atoms with van der Waals surface area (Å²) in [5.41, 5.74) is 3.60. The Hall–Kier alpha value is -1.71. The van der Waals surface area contributed by atoms with E-state index >= 15 is 0 Å². The van der Waals surface area contributed by atoms with Gasteiger partial charge in [-0.05, 0) is 61.2 Å². The van der Waals surface area contributed by atoms with Crippen LogP contribution in [0.3, 0.4) is 0 Å². The van der Waals surface area contributed by atoms with Crippen molar-refractivity contribution in [1.82, 2.24) is 9.97 Å². The standard InChI is InChI=1S/C18H15ClN2S/c19-13-7-9-14(10-8-13)22-17-15-6-3-11-20-18(15)21-16(17)12-4-1-2-5-12/h3-4,6-11H,1-2,5H2,(H,20,21). The SMILES string of the molecule is Clc1ccc(Sc2c(C3=CCCC3)[nH]c3ncccc23)cc1. The molecule has 0 bridgehead atoms. The molecule has 1 N–H and O–H groups in total. The summed E-state index contributed by atoms with van der Waals surface area (Å²) >= 11 is 7.76. The zero-order valence-corrected chi connectivity index (χ0v) is 13.5. The second-order valence-electron chi connectivity index (χ2n) is 5.41. The van der Waals surface area contributed by atoms with Gasteiger partial charge in [0.15, 0.2) is 0 Å². The molecular formula is C18H15ClN2S. The number of benzene rings is 1. The van der Waals surface area contributed by atoms with Gasteiger partial charge >= 0.3 is 0 Å². The molecule has 110 valence electrons. The van der Waals surface area contributed by atoms with Crippen molar-refractivity contribution in [1.29, 1.82) is 0 Å². The molecule has 22 heavy (non-hydrogen) atoms. The molecule has 0 saturated carbocycles. The average Bonchev–Trinajstić information content (AvgIpc) is 3.18. The molecule has 2 heterocycles. The highest BCUT2D eigenvalue weighted by Crippen LogP contribution is 2.41. The summed E-state index contributed by atoms with van der Waals surface area (Å²) in [6.45, 7) is 0. The molecule has 0 atom stereocenters. The van der Waals surface area contributed by atoms with Gasteiger partial charge in [0.25, 0.3) is 0 Å². The number of hydrogen-bond acceptors (Lipinski definition) is 2. The summed E-state index contributed by atoms with van der Waals surface area (Å²) in [7, 11) is 0. The third kappa shape index (κ3) is 2.55. The van der Waals surface area contributed by atoms with Gasteiger partial charge in [0.2, 0.25) is 0 Å². The van der Waals surface area contributed by atoms with Crippen molar-refractivity contribution in [3.63, 3.8) is 0 Å². The number of aromatic nitrogens is 2. The first-order valence-electron chi connectivity index (χ1n) is 7.41. The Morgan fingerprint density at radius 3 is 2.77 bits per heavy atom. The van der Waals surface area contributed by atoms with Crippen LogP contribution in [0.15, 0.2) is 58.5 Å². The first kappa shape index (κ1) is 13.9. The van der Waals surface area contributed by atoms with Crippen molar-refractivity contribution < 1.29 is 0 Å². The van der Waals surface area contributed by atoms with E-state index in [1.54, 1.807) is 11.8 Å². The molecule has 0 unspecified atom stereocenters. The highest BCUT2D eigenvalue weighted by atomic mass is 35.5. The Balaban J connectivity index is 1.83. The lowest BCUT2D eigenvalue weighted by atomic mass is 10.1. The Morgan fingerprint density at radius 2 is 2.00 bits per heavy atom. The molecule has 3 aromatic rings. The van der Waals surface area contributed by atoms with E-state index in [2.05, 4.69) is 34.2 Å². The zero-order valence-electron chi connectivity index (χ0n) is 12.0. The molecule has 1 aliphatic carbocycles. The summed E-state index contributed by atoms with van der Waals surface area (Å²) in [6, 6.07) is 12.1. The molecule has 0 aliphatic heterocycles. The number of fused-ring (bicyclic) bond motifs is 1. The van der Waals surface area contributed by atoms with E-state index in [0.717, 1.165) is 17.1 Å². The van der Waals surface area contributed by atoms with Gasteiger partial charge in [0.1, 0.15) is 5.65 Å². The number of H-pyrrole nitrogens is 1. The highest BCUT2D eigenvalue weighted by Gasteiger charge is 2.18. The molecule has 0 fully saturated rings. The summed E-state index contributed by atoms with van der Waals surface area (Å²) in [4.78, 5) is 10.4. The van der Waals surface area contributed by atoms with Crippen molar-refractivity contribution in [2.75, 3.05) is 0 Å². The molecule has 4 heteroatoms. The lowest BCUT2D eigenvalue weighted by molar-refractivity contribution is 0.932. The average molecular weight is 327 g/mol. The first-order valence-corrected chi connectivity index (χ1v) is 8.60. The monoisotopic (exact) mass is 326 g/mol. The van der Waals surface area contributed by atoms with Crippen LogP contribution in [0.4, 0.5) is 0 Å². The van der Waals surface area contributed by atoms with Gasteiger partial charge in [0, 0.05) is 26.4 Å².